The van der Waals surface area contributed by atoms with E-state index in [4.69, 9.17) is 18.9 Å². The number of carbonyl (C=O) groups excluding carboxylic acids is 1. The van der Waals surface area contributed by atoms with Crippen LogP contribution in [0.4, 0.5) is 0 Å². The van der Waals surface area contributed by atoms with Gasteiger partial charge >= 0.3 is 16.4 Å². The Balaban J connectivity index is 2.34. The third-order valence-corrected chi connectivity index (χ3v) is 11.5. The van der Waals surface area contributed by atoms with Gasteiger partial charge in [-0.25, -0.2) is 4.18 Å². The average molecular weight is 951 g/mol. The lowest BCUT2D eigenvalue weighted by molar-refractivity contribution is -0.301. The molecule has 0 aromatic rings. The number of aliphatic hydroxyl groups excluding tert-OH is 3. The molecule has 0 spiro atoms. The Morgan fingerprint density at radius 1 is 0.576 bits per heavy atom. The van der Waals surface area contributed by atoms with Gasteiger partial charge in [0.1, 0.15) is 30.5 Å². The van der Waals surface area contributed by atoms with Gasteiger partial charge in [-0.15, -0.1) is 0 Å². The minimum absolute atomic E-state index is 0.0160. The molecule has 1 saturated heterocycles. The van der Waals surface area contributed by atoms with E-state index in [2.05, 4.69) is 103 Å². The van der Waals surface area contributed by atoms with Crippen LogP contribution in [0.1, 0.15) is 181 Å². The molecule has 0 saturated carbocycles. The van der Waals surface area contributed by atoms with Gasteiger partial charge in [-0.3, -0.25) is 9.35 Å². The van der Waals surface area contributed by atoms with Crippen LogP contribution in [-0.4, -0.2) is 97.5 Å². The maximum atomic E-state index is 12.9. The first-order valence-electron chi connectivity index (χ1n) is 25.3. The number of ether oxygens (including phenoxy) is 4. The number of carbonyl (C=O) groups is 1. The number of rotatable bonds is 43. The van der Waals surface area contributed by atoms with Gasteiger partial charge < -0.3 is 34.3 Å². The first-order chi connectivity index (χ1) is 32.1. The predicted octanol–water partition coefficient (Wildman–Crippen LogP) is 11.6. The number of allylic oxidation sites excluding steroid dienone is 14. The van der Waals surface area contributed by atoms with Crippen molar-refractivity contribution in [2.24, 2.45) is 0 Å². The lowest BCUT2D eigenvalue weighted by Crippen LogP contribution is -2.60. The summed E-state index contributed by atoms with van der Waals surface area (Å²) in [6, 6.07) is 0. The van der Waals surface area contributed by atoms with Crippen LogP contribution in [0.2, 0.25) is 0 Å². The molecule has 1 aliphatic heterocycles. The van der Waals surface area contributed by atoms with E-state index in [1.54, 1.807) is 0 Å². The molecule has 0 amide bonds. The van der Waals surface area contributed by atoms with Gasteiger partial charge in [0.2, 0.25) is 0 Å². The number of hydrogen-bond acceptors (Lipinski definition) is 11. The molecule has 0 aromatic carbocycles. The molecule has 0 aromatic heterocycles. The third-order valence-electron chi connectivity index (χ3n) is 11.0. The van der Waals surface area contributed by atoms with E-state index >= 15 is 0 Å². The molecular weight excluding hydrogens is 861 g/mol. The summed E-state index contributed by atoms with van der Waals surface area (Å²) in [6.07, 6.45) is 49.1. The Bertz CT molecular complexity index is 1470. The molecule has 4 N–H and O–H groups in total. The van der Waals surface area contributed by atoms with Crippen molar-refractivity contribution >= 4 is 16.4 Å². The van der Waals surface area contributed by atoms with E-state index in [1.807, 2.05) is 0 Å². The molecule has 1 rings (SSSR count). The number of unbranched alkanes of at least 4 members (excludes halogenated alkanes) is 16. The molecule has 0 bridgehead atoms. The highest BCUT2D eigenvalue weighted by Crippen LogP contribution is 2.26. The fourth-order valence-electron chi connectivity index (χ4n) is 7.27. The zero-order valence-corrected chi connectivity index (χ0v) is 41.5. The molecule has 0 aliphatic carbocycles. The summed E-state index contributed by atoms with van der Waals surface area (Å²) < 4.78 is 59.2. The normalized spacial score (nSPS) is 20.2. The molecule has 12 nitrogen and oxygen atoms in total. The smallest absolute Gasteiger partial charge is 0.397 e. The Kier molecular flexibility index (Phi) is 40.4. The number of aliphatic hydroxyl groups is 3. The van der Waals surface area contributed by atoms with Crippen molar-refractivity contribution in [3.63, 3.8) is 0 Å². The predicted molar refractivity (Wildman–Crippen MR) is 266 cm³/mol. The van der Waals surface area contributed by atoms with Gasteiger partial charge in [0.05, 0.1) is 19.8 Å². The van der Waals surface area contributed by atoms with Crippen molar-refractivity contribution in [3.05, 3.63) is 85.1 Å². The molecular formula is C53H90O12S. The van der Waals surface area contributed by atoms with Gasteiger partial charge in [0.25, 0.3) is 0 Å². The molecule has 0 radical (unpaired) electrons. The first kappa shape index (κ1) is 61.3. The van der Waals surface area contributed by atoms with Gasteiger partial charge in [-0.1, -0.05) is 176 Å². The summed E-state index contributed by atoms with van der Waals surface area (Å²) in [5.74, 6) is -0.413. The second-order valence-electron chi connectivity index (χ2n) is 17.0. The van der Waals surface area contributed by atoms with Crippen LogP contribution in [0.15, 0.2) is 85.1 Å². The van der Waals surface area contributed by atoms with Crippen LogP contribution in [0, 0.1) is 0 Å². The van der Waals surface area contributed by atoms with Crippen LogP contribution in [0.3, 0.4) is 0 Å². The largest absolute Gasteiger partial charge is 0.457 e. The standard InChI is InChI=1S/C53H90O12S/c1-3-5-7-9-11-13-15-17-19-20-21-22-23-24-25-26-27-28-29-30-32-34-36-38-40-42-49(55)63-47(45-61-43-41-39-37-35-33-31-18-16-14-12-10-8-6-4-2)46-62-53-51(57)52(65-66(58,59)60)50(56)48(44-54)64-53/h5-8,11-14,17-19,21-22,31,47-48,50-54,56-57H,3-4,9-10,15-16,20,23-30,32-46H2,1-2H3,(H,58,59,60)/b7-5-,8-6-,13-11-,14-12-,19-17-,22-21-,31-18-. The van der Waals surface area contributed by atoms with Gasteiger partial charge in [0, 0.05) is 13.0 Å². The van der Waals surface area contributed by atoms with Gasteiger partial charge in [0.15, 0.2) is 6.29 Å². The summed E-state index contributed by atoms with van der Waals surface area (Å²) in [5, 5.41) is 30.7. The van der Waals surface area contributed by atoms with Crippen LogP contribution in [-0.2, 0) is 38.3 Å². The maximum Gasteiger partial charge on any atom is 0.397 e. The van der Waals surface area contributed by atoms with Crippen LogP contribution in [0.5, 0.6) is 0 Å². The lowest BCUT2D eigenvalue weighted by Gasteiger charge is -2.41. The van der Waals surface area contributed by atoms with Crippen molar-refractivity contribution in [1.29, 1.82) is 0 Å². The van der Waals surface area contributed by atoms with E-state index in [-0.39, 0.29) is 19.6 Å². The summed E-state index contributed by atoms with van der Waals surface area (Å²) in [6.45, 7) is 3.70. The Labute approximate surface area is 400 Å². The fourth-order valence-corrected chi connectivity index (χ4v) is 7.77. The number of esters is 1. The lowest BCUT2D eigenvalue weighted by atomic mass is 9.99. The van der Waals surface area contributed by atoms with Crippen molar-refractivity contribution in [2.75, 3.05) is 26.4 Å². The summed E-state index contributed by atoms with van der Waals surface area (Å²) >= 11 is 0. The highest BCUT2D eigenvalue weighted by molar-refractivity contribution is 7.80. The van der Waals surface area contributed by atoms with Crippen molar-refractivity contribution < 1.29 is 56.2 Å². The number of hydrogen-bond donors (Lipinski definition) is 4. The molecule has 66 heavy (non-hydrogen) atoms. The van der Waals surface area contributed by atoms with Crippen LogP contribution in [0.25, 0.3) is 0 Å². The van der Waals surface area contributed by atoms with Crippen LogP contribution < -0.4 is 0 Å². The minimum Gasteiger partial charge on any atom is -0.457 e. The van der Waals surface area contributed by atoms with Gasteiger partial charge in [-0.2, -0.15) is 8.42 Å². The van der Waals surface area contributed by atoms with E-state index in [1.165, 1.54) is 51.4 Å². The second-order valence-corrected chi connectivity index (χ2v) is 18.0. The molecule has 6 atom stereocenters. The average Bonchev–Trinajstić information content (AvgIpc) is 3.29. The summed E-state index contributed by atoms with van der Waals surface area (Å²) in [7, 11) is -5.07. The minimum atomic E-state index is -5.07. The first-order valence-corrected chi connectivity index (χ1v) is 26.7. The molecule has 13 heteroatoms. The van der Waals surface area contributed by atoms with Gasteiger partial charge in [-0.05, 0) is 83.5 Å². The Morgan fingerprint density at radius 3 is 1.45 bits per heavy atom. The van der Waals surface area contributed by atoms with Crippen molar-refractivity contribution in [2.45, 2.75) is 218 Å². The molecule has 1 aliphatic rings. The fraction of sp³-hybridized carbons (Fsp3) is 0.717. The molecule has 1 fully saturated rings. The summed E-state index contributed by atoms with van der Waals surface area (Å²) in [4.78, 5) is 12.9. The van der Waals surface area contributed by atoms with Crippen molar-refractivity contribution in [3.8, 4) is 0 Å². The molecule has 6 unspecified atom stereocenters. The highest BCUT2D eigenvalue weighted by atomic mass is 32.3. The zero-order valence-electron chi connectivity index (χ0n) is 40.7. The SMILES string of the molecule is CC/C=C\C/C=C\C/C=C\C/C=C\CCCCCCCCCCCCCCC(=O)OC(COCCCCCC/C=C\C/C=C\C/C=C\CC)COC1OC(CO)C(O)C(OS(=O)(=O)O)C1O. The van der Waals surface area contributed by atoms with E-state index in [0.29, 0.717) is 13.0 Å². The molecule has 380 valence electrons. The highest BCUT2D eigenvalue weighted by Gasteiger charge is 2.48. The third kappa shape index (κ3) is 36.3. The Hall–Kier alpha value is -2.72. The quantitative estimate of drug-likeness (QED) is 0.0197. The van der Waals surface area contributed by atoms with E-state index in [9.17, 15) is 33.1 Å². The monoisotopic (exact) mass is 951 g/mol. The topological polar surface area (TPSA) is 178 Å². The van der Waals surface area contributed by atoms with Crippen LogP contribution >= 0.6 is 0 Å². The molecule has 1 heterocycles. The maximum absolute atomic E-state index is 12.9. The summed E-state index contributed by atoms with van der Waals surface area (Å²) in [5.41, 5.74) is 0. The Morgan fingerprint density at radius 2 is 1.00 bits per heavy atom. The zero-order chi connectivity index (χ0) is 48.2. The second kappa shape index (κ2) is 43.6. The van der Waals surface area contributed by atoms with E-state index in [0.717, 1.165) is 103 Å². The van der Waals surface area contributed by atoms with E-state index < -0.39 is 59.8 Å². The van der Waals surface area contributed by atoms with Crippen molar-refractivity contribution in [1.82, 2.24) is 0 Å².